The number of hydrogen-bond acceptors (Lipinski definition) is 3. The van der Waals surface area contributed by atoms with Crippen molar-refractivity contribution in [3.05, 3.63) is 35.9 Å². The summed E-state index contributed by atoms with van der Waals surface area (Å²) in [7, 11) is 1.36. The van der Waals surface area contributed by atoms with Crippen molar-refractivity contribution in [2.45, 2.75) is 6.92 Å². The molecule has 1 aromatic rings. The first-order valence-electron chi connectivity index (χ1n) is 4.71. The van der Waals surface area contributed by atoms with Crippen LogP contribution in [0.4, 0.5) is 5.69 Å². The van der Waals surface area contributed by atoms with Crippen LogP contribution in [-0.2, 0) is 20.6 Å². The molecule has 3 nitrogen and oxygen atoms in total. The molecule has 0 fully saturated rings. The van der Waals surface area contributed by atoms with Crippen LogP contribution in [0.3, 0.4) is 0 Å². The molecule has 0 unspecified atom stereocenters. The van der Waals surface area contributed by atoms with E-state index in [9.17, 15) is 4.79 Å². The Morgan fingerprint density at radius 3 is 2.75 bits per heavy atom. The fourth-order valence-electron chi connectivity index (χ4n) is 1.37. The van der Waals surface area contributed by atoms with E-state index in [-0.39, 0.29) is 5.97 Å². The third kappa shape index (κ3) is 2.82. The van der Waals surface area contributed by atoms with Gasteiger partial charge in [0.25, 0.3) is 0 Å². The van der Waals surface area contributed by atoms with Crippen LogP contribution in [0.25, 0.3) is 6.08 Å². The second-order valence-electron chi connectivity index (χ2n) is 3.14. The molecule has 4 heteroatoms. The van der Waals surface area contributed by atoms with Crippen molar-refractivity contribution < 1.29 is 25.4 Å². The number of ether oxygens (including phenoxy) is 1. The van der Waals surface area contributed by atoms with Crippen LogP contribution in [0.5, 0.6) is 0 Å². The topological polar surface area (TPSA) is 38.3 Å². The Morgan fingerprint density at radius 1 is 1.56 bits per heavy atom. The molecular formula is C12H13CrNO2. The monoisotopic (exact) mass is 255 g/mol. The first kappa shape index (κ1) is 12.7. The van der Waals surface area contributed by atoms with E-state index in [0.717, 1.165) is 15.8 Å². The van der Waals surface area contributed by atoms with E-state index in [0.29, 0.717) is 5.56 Å². The SMILES string of the molecule is C=Cc1c(N[C](C)=[Cr])cccc1C(=O)OC. The molecule has 16 heavy (non-hydrogen) atoms. The van der Waals surface area contributed by atoms with Crippen molar-refractivity contribution >= 4 is 22.2 Å². The number of hydrogen-bond donors (Lipinski definition) is 1. The molecule has 0 radical (unpaired) electrons. The summed E-state index contributed by atoms with van der Waals surface area (Å²) in [6, 6.07) is 5.39. The number of nitrogens with one attached hydrogen (secondary N) is 1. The zero-order chi connectivity index (χ0) is 12.1. The molecule has 0 bridgehead atoms. The number of carbonyl (C=O) groups excluding carboxylic acids is 1. The summed E-state index contributed by atoms with van der Waals surface area (Å²) in [5.74, 6) is -0.365. The van der Waals surface area contributed by atoms with Gasteiger partial charge in [-0.1, -0.05) is 0 Å². The average molecular weight is 255 g/mol. The molecule has 1 rings (SSSR count). The second kappa shape index (κ2) is 5.64. The Kier molecular flexibility index (Phi) is 4.48. The van der Waals surface area contributed by atoms with Gasteiger partial charge < -0.3 is 0 Å². The van der Waals surface area contributed by atoms with Gasteiger partial charge in [-0.15, -0.1) is 0 Å². The maximum absolute atomic E-state index is 11.5. The molecule has 0 aromatic heterocycles. The van der Waals surface area contributed by atoms with Gasteiger partial charge in [0.1, 0.15) is 0 Å². The number of esters is 1. The summed E-state index contributed by atoms with van der Waals surface area (Å²) in [5, 5.41) is 3.13. The number of benzene rings is 1. The molecule has 1 N–H and O–H groups in total. The van der Waals surface area contributed by atoms with Gasteiger partial charge in [-0.2, -0.15) is 0 Å². The predicted molar refractivity (Wildman–Crippen MR) is 62.2 cm³/mol. The molecule has 0 saturated heterocycles. The van der Waals surface area contributed by atoms with Crippen LogP contribution in [-0.4, -0.2) is 17.6 Å². The van der Waals surface area contributed by atoms with E-state index < -0.39 is 0 Å². The van der Waals surface area contributed by atoms with Crippen LogP contribution in [0, 0.1) is 0 Å². The van der Waals surface area contributed by atoms with E-state index in [1.165, 1.54) is 7.11 Å². The molecule has 0 aliphatic carbocycles. The number of carbonyl (C=O) groups is 1. The van der Waals surface area contributed by atoms with Gasteiger partial charge in [0.2, 0.25) is 0 Å². The average Bonchev–Trinajstić information content (AvgIpc) is 2.27. The number of rotatable bonds is 4. The van der Waals surface area contributed by atoms with Gasteiger partial charge in [0.05, 0.1) is 0 Å². The van der Waals surface area contributed by atoms with Crippen molar-refractivity contribution in [1.82, 2.24) is 0 Å². The van der Waals surface area contributed by atoms with Crippen LogP contribution in [0.15, 0.2) is 24.8 Å². The maximum atomic E-state index is 11.5. The van der Waals surface area contributed by atoms with E-state index >= 15 is 0 Å². The Labute approximate surface area is 103 Å². The Balaban J connectivity index is 3.25. The van der Waals surface area contributed by atoms with Crippen LogP contribution >= 0.6 is 0 Å². The van der Waals surface area contributed by atoms with Crippen molar-refractivity contribution in [2.75, 3.05) is 12.4 Å². The number of anilines is 1. The van der Waals surface area contributed by atoms with Crippen molar-refractivity contribution in [2.24, 2.45) is 0 Å². The van der Waals surface area contributed by atoms with Crippen molar-refractivity contribution in [3.8, 4) is 0 Å². The molecule has 0 aliphatic heterocycles. The van der Waals surface area contributed by atoms with Gasteiger partial charge >= 0.3 is 103 Å². The second-order valence-corrected chi connectivity index (χ2v) is 4.10. The molecule has 0 heterocycles. The third-order valence-electron chi connectivity index (χ3n) is 2.03. The zero-order valence-electron chi connectivity index (χ0n) is 9.24. The summed E-state index contributed by atoms with van der Waals surface area (Å²) in [5.41, 5.74) is 2.07. The van der Waals surface area contributed by atoms with Gasteiger partial charge in [-0.25, -0.2) is 0 Å². The minimum absolute atomic E-state index is 0.365. The normalized spacial score (nSPS) is 9.38. The van der Waals surface area contributed by atoms with Gasteiger partial charge in [0, 0.05) is 0 Å². The van der Waals surface area contributed by atoms with Crippen LogP contribution < -0.4 is 5.32 Å². The Morgan fingerprint density at radius 2 is 2.25 bits per heavy atom. The predicted octanol–water partition coefficient (Wildman–Crippen LogP) is 2.22. The summed E-state index contributed by atoms with van der Waals surface area (Å²) in [6.07, 6.45) is 1.64. The van der Waals surface area contributed by atoms with E-state index in [1.807, 2.05) is 13.0 Å². The van der Waals surface area contributed by atoms with Crippen LogP contribution in [0.2, 0.25) is 0 Å². The van der Waals surface area contributed by atoms with Crippen molar-refractivity contribution in [3.63, 3.8) is 0 Å². The third-order valence-corrected chi connectivity index (χ3v) is 2.19. The molecule has 0 saturated carbocycles. The first-order valence-corrected chi connectivity index (χ1v) is 5.35. The summed E-state index contributed by atoms with van der Waals surface area (Å²) in [6.45, 7) is 5.61. The summed E-state index contributed by atoms with van der Waals surface area (Å²) >= 11 is 2.86. The van der Waals surface area contributed by atoms with Gasteiger partial charge in [-0.3, -0.25) is 0 Å². The molecule has 0 spiro atoms. The first-order chi connectivity index (χ1) is 7.60. The molecule has 0 atom stereocenters. The molecule has 84 valence electrons. The number of methoxy groups -OCH3 is 1. The summed E-state index contributed by atoms with van der Waals surface area (Å²) in [4.78, 5) is 11.5. The Hall–Kier alpha value is -1.37. The van der Waals surface area contributed by atoms with E-state index in [4.69, 9.17) is 4.74 Å². The molecule has 1 aromatic carbocycles. The van der Waals surface area contributed by atoms with Crippen LogP contribution in [0.1, 0.15) is 22.8 Å². The standard InChI is InChI=1S/C12H13NO2.Cr/c1-4-9-10(12(14)15-3)7-6-8-11(9)13-5-2;/h4,6-8,13H,1H2,2-3H3;. The zero-order valence-corrected chi connectivity index (χ0v) is 10.5. The quantitative estimate of drug-likeness (QED) is 0.838. The van der Waals surface area contributed by atoms with Crippen molar-refractivity contribution in [1.29, 1.82) is 0 Å². The fraction of sp³-hybridized carbons (Fsp3) is 0.167. The van der Waals surface area contributed by atoms with E-state index in [2.05, 4.69) is 27.7 Å². The van der Waals surface area contributed by atoms with Gasteiger partial charge in [0.15, 0.2) is 0 Å². The molecule has 0 aliphatic rings. The summed E-state index contributed by atoms with van der Waals surface area (Å²) < 4.78 is 5.63. The van der Waals surface area contributed by atoms with E-state index in [1.54, 1.807) is 18.2 Å². The van der Waals surface area contributed by atoms with Gasteiger partial charge in [-0.05, 0) is 0 Å². The minimum atomic E-state index is -0.365. The molecule has 0 amide bonds. The molecular weight excluding hydrogens is 242 g/mol. The Bertz CT molecular complexity index is 441. The fourth-order valence-corrected chi connectivity index (χ4v) is 1.54.